The predicted molar refractivity (Wildman–Crippen MR) is 65.1 cm³/mol. The Morgan fingerprint density at radius 2 is 2.13 bits per heavy atom. The minimum atomic E-state index is 0.246. The van der Waals surface area contributed by atoms with Crippen molar-refractivity contribution < 1.29 is 0 Å². The van der Waals surface area contributed by atoms with Crippen LogP contribution >= 0.6 is 0 Å². The van der Waals surface area contributed by atoms with Gasteiger partial charge in [0.25, 0.3) is 0 Å². The Kier molecular flexibility index (Phi) is 4.28. The van der Waals surface area contributed by atoms with Crippen molar-refractivity contribution in [2.45, 2.75) is 46.1 Å². The lowest BCUT2D eigenvalue weighted by Crippen LogP contribution is -2.39. The highest BCUT2D eigenvalue weighted by molar-refractivity contribution is 5.18. The second-order valence-corrected chi connectivity index (χ2v) is 4.66. The molecule has 1 N–H and O–H groups in total. The van der Waals surface area contributed by atoms with Crippen LogP contribution in [0.15, 0.2) is 18.3 Å². The Morgan fingerprint density at radius 3 is 2.73 bits per heavy atom. The number of pyridine rings is 1. The molecule has 0 amide bonds. The lowest BCUT2D eigenvalue weighted by molar-refractivity contribution is 0.379. The summed E-state index contributed by atoms with van der Waals surface area (Å²) in [7, 11) is 0. The molecule has 0 aromatic carbocycles. The highest BCUT2D eigenvalue weighted by Gasteiger charge is 2.12. The van der Waals surface area contributed by atoms with Gasteiger partial charge in [-0.25, -0.2) is 0 Å². The van der Waals surface area contributed by atoms with Gasteiger partial charge in [0, 0.05) is 17.4 Å². The van der Waals surface area contributed by atoms with E-state index in [4.69, 9.17) is 0 Å². The number of rotatable bonds is 5. The Hall–Kier alpha value is -0.890. The van der Waals surface area contributed by atoms with Gasteiger partial charge >= 0.3 is 0 Å². The van der Waals surface area contributed by atoms with Crippen LogP contribution < -0.4 is 5.32 Å². The van der Waals surface area contributed by atoms with Crippen molar-refractivity contribution in [2.24, 2.45) is 0 Å². The first-order chi connectivity index (χ1) is 7.05. The first-order valence-electron chi connectivity index (χ1n) is 5.70. The van der Waals surface area contributed by atoms with Crippen LogP contribution in [0.4, 0.5) is 0 Å². The third-order valence-electron chi connectivity index (χ3n) is 3.00. The average Bonchev–Trinajstić information content (AvgIpc) is 2.21. The van der Waals surface area contributed by atoms with Gasteiger partial charge in [-0.3, -0.25) is 4.98 Å². The Balaban J connectivity index is 2.42. The van der Waals surface area contributed by atoms with E-state index in [-0.39, 0.29) is 5.54 Å². The maximum Gasteiger partial charge on any atom is 0.0405 e. The quantitative estimate of drug-likeness (QED) is 0.801. The molecule has 0 atom stereocenters. The molecule has 1 aromatic rings. The minimum Gasteiger partial charge on any atom is -0.311 e. The van der Waals surface area contributed by atoms with Gasteiger partial charge in [-0.2, -0.15) is 0 Å². The smallest absolute Gasteiger partial charge is 0.0405 e. The lowest BCUT2D eigenvalue weighted by Gasteiger charge is -2.24. The highest BCUT2D eigenvalue weighted by Crippen LogP contribution is 2.08. The van der Waals surface area contributed by atoms with Gasteiger partial charge in [-0.1, -0.05) is 13.0 Å². The number of nitrogens with zero attached hydrogens (tertiary/aromatic N) is 1. The topological polar surface area (TPSA) is 24.9 Å². The molecule has 0 aliphatic carbocycles. The molecule has 0 saturated heterocycles. The van der Waals surface area contributed by atoms with Crippen molar-refractivity contribution in [3.8, 4) is 0 Å². The largest absolute Gasteiger partial charge is 0.311 e. The third kappa shape index (κ3) is 4.00. The number of aryl methyl sites for hydroxylation is 1. The second-order valence-electron chi connectivity index (χ2n) is 4.66. The molecule has 1 heterocycles. The molecule has 2 heteroatoms. The van der Waals surface area contributed by atoms with Crippen LogP contribution in [0.25, 0.3) is 0 Å². The van der Waals surface area contributed by atoms with E-state index in [0.717, 1.165) is 25.1 Å². The Morgan fingerprint density at radius 1 is 1.40 bits per heavy atom. The summed E-state index contributed by atoms with van der Waals surface area (Å²) in [5.74, 6) is 0. The number of nitrogens with one attached hydrogen (secondary N) is 1. The Bertz CT molecular complexity index is 305. The first kappa shape index (κ1) is 12.2. The van der Waals surface area contributed by atoms with E-state index >= 15 is 0 Å². The molecular weight excluding hydrogens is 184 g/mol. The zero-order valence-corrected chi connectivity index (χ0v) is 10.3. The summed E-state index contributed by atoms with van der Waals surface area (Å²) in [6.07, 6.45) is 4.06. The average molecular weight is 206 g/mol. The fourth-order valence-electron chi connectivity index (χ4n) is 1.44. The highest BCUT2D eigenvalue weighted by atomic mass is 14.9. The molecule has 0 aliphatic rings. The molecule has 1 rings (SSSR count). The van der Waals surface area contributed by atoms with Crippen molar-refractivity contribution in [2.75, 3.05) is 6.54 Å². The molecule has 0 bridgehead atoms. The van der Waals surface area contributed by atoms with Crippen LogP contribution in [-0.2, 0) is 6.42 Å². The van der Waals surface area contributed by atoms with E-state index < -0.39 is 0 Å². The maximum absolute atomic E-state index is 4.29. The summed E-state index contributed by atoms with van der Waals surface area (Å²) in [5, 5.41) is 3.56. The fraction of sp³-hybridized carbons (Fsp3) is 0.615. The molecule has 0 radical (unpaired) electrons. The second kappa shape index (κ2) is 5.26. The standard InChI is InChI=1S/C13H22N2/c1-5-13(3,4)15-10-8-12-7-6-9-14-11(12)2/h6-7,9,15H,5,8,10H2,1-4H3. The Labute approximate surface area is 93.1 Å². The van der Waals surface area contributed by atoms with Gasteiger partial charge in [-0.05, 0) is 51.8 Å². The monoisotopic (exact) mass is 206 g/mol. The summed E-state index contributed by atoms with van der Waals surface area (Å²) < 4.78 is 0. The molecule has 1 aromatic heterocycles. The van der Waals surface area contributed by atoms with Gasteiger partial charge in [0.05, 0.1) is 0 Å². The molecule has 2 nitrogen and oxygen atoms in total. The molecule has 0 fully saturated rings. The minimum absolute atomic E-state index is 0.246. The van der Waals surface area contributed by atoms with Crippen molar-refractivity contribution in [3.05, 3.63) is 29.6 Å². The van der Waals surface area contributed by atoms with Gasteiger partial charge in [0.1, 0.15) is 0 Å². The van der Waals surface area contributed by atoms with Gasteiger partial charge < -0.3 is 5.32 Å². The van der Waals surface area contributed by atoms with Gasteiger partial charge in [-0.15, -0.1) is 0 Å². The number of hydrogen-bond donors (Lipinski definition) is 1. The summed E-state index contributed by atoms with van der Waals surface area (Å²) >= 11 is 0. The van der Waals surface area contributed by atoms with E-state index in [1.165, 1.54) is 5.56 Å². The van der Waals surface area contributed by atoms with Crippen LogP contribution in [0, 0.1) is 6.92 Å². The molecule has 15 heavy (non-hydrogen) atoms. The fourth-order valence-corrected chi connectivity index (χ4v) is 1.44. The van der Waals surface area contributed by atoms with Crippen molar-refractivity contribution >= 4 is 0 Å². The molecule has 0 saturated carbocycles. The van der Waals surface area contributed by atoms with E-state index in [1.54, 1.807) is 0 Å². The summed E-state index contributed by atoms with van der Waals surface area (Å²) in [6, 6.07) is 4.16. The van der Waals surface area contributed by atoms with E-state index in [1.807, 2.05) is 12.3 Å². The van der Waals surface area contributed by atoms with Gasteiger partial charge in [0.15, 0.2) is 0 Å². The van der Waals surface area contributed by atoms with Crippen LogP contribution in [0.2, 0.25) is 0 Å². The van der Waals surface area contributed by atoms with Crippen LogP contribution in [0.5, 0.6) is 0 Å². The van der Waals surface area contributed by atoms with E-state index in [2.05, 4.69) is 44.1 Å². The van der Waals surface area contributed by atoms with Crippen LogP contribution in [0.1, 0.15) is 38.4 Å². The van der Waals surface area contributed by atoms with Crippen molar-refractivity contribution in [1.82, 2.24) is 10.3 Å². The van der Waals surface area contributed by atoms with Crippen molar-refractivity contribution in [1.29, 1.82) is 0 Å². The SMILES string of the molecule is CCC(C)(C)NCCc1cccnc1C. The van der Waals surface area contributed by atoms with Crippen LogP contribution in [0.3, 0.4) is 0 Å². The molecule has 84 valence electrons. The van der Waals surface area contributed by atoms with Crippen LogP contribution in [-0.4, -0.2) is 17.1 Å². The van der Waals surface area contributed by atoms with Gasteiger partial charge in [0.2, 0.25) is 0 Å². The summed E-state index contributed by atoms with van der Waals surface area (Å²) in [4.78, 5) is 4.29. The van der Waals surface area contributed by atoms with E-state index in [9.17, 15) is 0 Å². The molecule has 0 unspecified atom stereocenters. The zero-order chi connectivity index (χ0) is 11.3. The number of aromatic nitrogens is 1. The molecule has 0 spiro atoms. The predicted octanol–water partition coefficient (Wildman–Crippen LogP) is 2.71. The zero-order valence-electron chi connectivity index (χ0n) is 10.3. The van der Waals surface area contributed by atoms with Crippen molar-refractivity contribution in [3.63, 3.8) is 0 Å². The normalized spacial score (nSPS) is 11.7. The first-order valence-corrected chi connectivity index (χ1v) is 5.70. The molecular formula is C13H22N2. The lowest BCUT2D eigenvalue weighted by atomic mass is 10.0. The summed E-state index contributed by atoms with van der Waals surface area (Å²) in [6.45, 7) is 9.78. The third-order valence-corrected chi connectivity index (χ3v) is 3.00. The maximum atomic E-state index is 4.29. The molecule has 0 aliphatic heterocycles. The van der Waals surface area contributed by atoms with E-state index in [0.29, 0.717) is 0 Å². The number of hydrogen-bond acceptors (Lipinski definition) is 2. The summed E-state index contributed by atoms with van der Waals surface area (Å²) in [5.41, 5.74) is 2.74.